The van der Waals surface area contributed by atoms with E-state index >= 15 is 0 Å². The van der Waals surface area contributed by atoms with Gasteiger partial charge in [-0.1, -0.05) is 46.6 Å². The van der Waals surface area contributed by atoms with Crippen molar-refractivity contribution in [3.05, 3.63) is 57.0 Å². The first-order chi connectivity index (χ1) is 8.60. The van der Waals surface area contributed by atoms with Gasteiger partial charge in [0.1, 0.15) is 0 Å². The third-order valence-electron chi connectivity index (χ3n) is 2.23. The fourth-order valence-corrected chi connectivity index (χ4v) is 2.89. The largest absolute Gasteiger partial charge is 0.298 e. The molecule has 18 heavy (non-hydrogen) atoms. The quantitative estimate of drug-likeness (QED) is 0.684. The molecular formula is C13H7Cl3OS. The zero-order valence-corrected chi connectivity index (χ0v) is 12.1. The molecule has 0 fully saturated rings. The minimum atomic E-state index is 0.440. The molecule has 0 radical (unpaired) electrons. The lowest BCUT2D eigenvalue weighted by molar-refractivity contribution is 0.112. The maximum Gasteiger partial charge on any atom is 0.151 e. The molecule has 0 aliphatic carbocycles. The highest BCUT2D eigenvalue weighted by atomic mass is 35.5. The van der Waals surface area contributed by atoms with Crippen LogP contribution < -0.4 is 0 Å². The maximum absolute atomic E-state index is 10.7. The highest BCUT2D eigenvalue weighted by Gasteiger charge is 2.04. The van der Waals surface area contributed by atoms with E-state index in [1.54, 1.807) is 24.3 Å². The molecule has 0 spiro atoms. The van der Waals surface area contributed by atoms with Crippen LogP contribution in [0.2, 0.25) is 15.1 Å². The number of carbonyl (C=O) groups is 1. The highest BCUT2D eigenvalue weighted by molar-refractivity contribution is 7.99. The number of aldehydes is 1. The standard InChI is InChI=1S/C13H7Cl3OS/c14-11-4-3-10(6-13(11)16)18-9-2-1-8(7-17)12(15)5-9/h1-7H. The van der Waals surface area contributed by atoms with Crippen molar-refractivity contribution in [2.75, 3.05) is 0 Å². The lowest BCUT2D eigenvalue weighted by Crippen LogP contribution is -1.82. The molecule has 0 heterocycles. The summed E-state index contributed by atoms with van der Waals surface area (Å²) in [4.78, 5) is 12.5. The van der Waals surface area contributed by atoms with Gasteiger partial charge in [0.05, 0.1) is 15.1 Å². The van der Waals surface area contributed by atoms with Gasteiger partial charge in [-0.3, -0.25) is 4.79 Å². The Morgan fingerprint density at radius 3 is 2.00 bits per heavy atom. The molecule has 0 aromatic heterocycles. The van der Waals surface area contributed by atoms with Crippen LogP contribution in [-0.2, 0) is 0 Å². The fourth-order valence-electron chi connectivity index (χ4n) is 1.34. The summed E-state index contributed by atoms with van der Waals surface area (Å²) in [5.41, 5.74) is 0.482. The van der Waals surface area contributed by atoms with E-state index in [0.717, 1.165) is 16.1 Å². The molecule has 0 atom stereocenters. The molecule has 2 aromatic rings. The van der Waals surface area contributed by atoms with Crippen molar-refractivity contribution in [3.8, 4) is 0 Å². The Morgan fingerprint density at radius 2 is 1.44 bits per heavy atom. The first-order valence-electron chi connectivity index (χ1n) is 4.98. The van der Waals surface area contributed by atoms with Crippen LogP contribution in [-0.4, -0.2) is 6.29 Å². The Hall–Kier alpha value is -0.670. The maximum atomic E-state index is 10.7. The van der Waals surface area contributed by atoms with E-state index in [1.807, 2.05) is 12.1 Å². The van der Waals surface area contributed by atoms with Crippen LogP contribution in [0.5, 0.6) is 0 Å². The number of halogens is 3. The van der Waals surface area contributed by atoms with Crippen LogP contribution in [0.15, 0.2) is 46.2 Å². The Kier molecular flexibility index (Phi) is 4.57. The van der Waals surface area contributed by atoms with E-state index in [2.05, 4.69) is 0 Å². The SMILES string of the molecule is O=Cc1ccc(Sc2ccc(Cl)c(Cl)c2)cc1Cl. The van der Waals surface area contributed by atoms with Crippen LogP contribution in [0.1, 0.15) is 10.4 Å². The van der Waals surface area contributed by atoms with Crippen molar-refractivity contribution in [3.63, 3.8) is 0 Å². The van der Waals surface area contributed by atoms with Crippen LogP contribution >= 0.6 is 46.6 Å². The Labute approximate surface area is 124 Å². The molecule has 1 nitrogen and oxygen atoms in total. The van der Waals surface area contributed by atoms with E-state index in [1.165, 1.54) is 11.8 Å². The zero-order valence-electron chi connectivity index (χ0n) is 8.99. The van der Waals surface area contributed by atoms with Crippen molar-refractivity contribution in [1.82, 2.24) is 0 Å². The van der Waals surface area contributed by atoms with Gasteiger partial charge in [-0.25, -0.2) is 0 Å². The van der Waals surface area contributed by atoms with E-state index < -0.39 is 0 Å². The second-order valence-corrected chi connectivity index (χ2v) is 5.85. The molecule has 2 aromatic carbocycles. The monoisotopic (exact) mass is 316 g/mol. The molecule has 0 aliphatic heterocycles. The second kappa shape index (κ2) is 5.98. The van der Waals surface area contributed by atoms with E-state index in [4.69, 9.17) is 34.8 Å². The number of carbonyl (C=O) groups excluding carboxylic acids is 1. The van der Waals surface area contributed by atoms with E-state index in [0.29, 0.717) is 20.6 Å². The molecule has 0 amide bonds. The van der Waals surface area contributed by atoms with Gasteiger partial charge in [0.2, 0.25) is 0 Å². The van der Waals surface area contributed by atoms with Crippen LogP contribution in [0.4, 0.5) is 0 Å². The lowest BCUT2D eigenvalue weighted by Gasteiger charge is -2.04. The molecule has 2 rings (SSSR count). The van der Waals surface area contributed by atoms with Gasteiger partial charge >= 0.3 is 0 Å². The third-order valence-corrected chi connectivity index (χ3v) is 4.27. The minimum absolute atomic E-state index is 0.440. The first kappa shape index (κ1) is 13.8. The van der Waals surface area contributed by atoms with Gasteiger partial charge in [0.25, 0.3) is 0 Å². The van der Waals surface area contributed by atoms with E-state index in [-0.39, 0.29) is 0 Å². The van der Waals surface area contributed by atoms with Gasteiger partial charge in [0.15, 0.2) is 6.29 Å². The molecule has 0 bridgehead atoms. The van der Waals surface area contributed by atoms with Gasteiger partial charge in [-0.15, -0.1) is 0 Å². The summed E-state index contributed by atoms with van der Waals surface area (Å²) in [5, 5.41) is 1.47. The molecule has 0 saturated carbocycles. The minimum Gasteiger partial charge on any atom is -0.298 e. The number of benzene rings is 2. The molecule has 0 aliphatic rings. The summed E-state index contributed by atoms with van der Waals surface area (Å²) in [7, 11) is 0. The summed E-state index contributed by atoms with van der Waals surface area (Å²) in [6, 6.07) is 10.7. The first-order valence-corrected chi connectivity index (χ1v) is 6.93. The Bertz CT molecular complexity index is 599. The molecule has 0 N–H and O–H groups in total. The van der Waals surface area contributed by atoms with Crippen molar-refractivity contribution < 1.29 is 4.79 Å². The van der Waals surface area contributed by atoms with Crippen LogP contribution in [0.25, 0.3) is 0 Å². The number of hydrogen-bond acceptors (Lipinski definition) is 2. The summed E-state index contributed by atoms with van der Waals surface area (Å²) < 4.78 is 0. The fraction of sp³-hybridized carbons (Fsp3) is 0. The lowest BCUT2D eigenvalue weighted by atomic mass is 10.2. The van der Waals surface area contributed by atoms with Crippen molar-refractivity contribution in [2.24, 2.45) is 0 Å². The van der Waals surface area contributed by atoms with Crippen LogP contribution in [0, 0.1) is 0 Å². The Morgan fingerprint density at radius 1 is 0.833 bits per heavy atom. The van der Waals surface area contributed by atoms with Gasteiger partial charge < -0.3 is 0 Å². The van der Waals surface area contributed by atoms with Gasteiger partial charge in [-0.05, 0) is 36.4 Å². The number of hydrogen-bond donors (Lipinski definition) is 0. The topological polar surface area (TPSA) is 17.1 Å². The average Bonchev–Trinajstić information content (AvgIpc) is 2.34. The normalized spacial score (nSPS) is 10.4. The molecule has 92 valence electrons. The van der Waals surface area contributed by atoms with Crippen LogP contribution in [0.3, 0.4) is 0 Å². The summed E-state index contributed by atoms with van der Waals surface area (Å²) >= 11 is 19.2. The highest BCUT2D eigenvalue weighted by Crippen LogP contribution is 2.33. The molecule has 5 heteroatoms. The predicted octanol–water partition coefficient (Wildman–Crippen LogP) is 5.61. The average molecular weight is 318 g/mol. The Balaban J connectivity index is 2.25. The predicted molar refractivity (Wildman–Crippen MR) is 77.4 cm³/mol. The van der Waals surface area contributed by atoms with E-state index in [9.17, 15) is 4.79 Å². The van der Waals surface area contributed by atoms with Crippen molar-refractivity contribution in [1.29, 1.82) is 0 Å². The molecular weight excluding hydrogens is 311 g/mol. The zero-order chi connectivity index (χ0) is 13.1. The number of rotatable bonds is 3. The smallest absolute Gasteiger partial charge is 0.151 e. The second-order valence-electron chi connectivity index (χ2n) is 3.48. The van der Waals surface area contributed by atoms with Crippen molar-refractivity contribution in [2.45, 2.75) is 9.79 Å². The summed E-state index contributed by atoms with van der Waals surface area (Å²) in [5.74, 6) is 0. The third kappa shape index (κ3) is 3.21. The summed E-state index contributed by atoms with van der Waals surface area (Å²) in [6.07, 6.45) is 0.732. The molecule has 0 unspecified atom stereocenters. The van der Waals surface area contributed by atoms with Gasteiger partial charge in [0, 0.05) is 15.4 Å². The summed E-state index contributed by atoms with van der Waals surface area (Å²) in [6.45, 7) is 0. The van der Waals surface area contributed by atoms with Gasteiger partial charge in [-0.2, -0.15) is 0 Å². The van der Waals surface area contributed by atoms with Crippen molar-refractivity contribution >= 4 is 52.9 Å². The molecule has 0 saturated heterocycles.